The molecule has 0 aliphatic carbocycles. The molecule has 138 valence electrons. The molecule has 1 amide bonds. The average Bonchev–Trinajstić information content (AvgIpc) is 2.64. The normalized spacial score (nSPS) is 10.2. The largest absolute Gasteiger partial charge is 0.493 e. The van der Waals surface area contributed by atoms with Gasteiger partial charge in [0, 0.05) is 5.69 Å². The smallest absolute Gasteiger partial charge is 0.338 e. The molecule has 0 aliphatic rings. The molecule has 26 heavy (non-hydrogen) atoms. The monoisotopic (exact) mass is 357 g/mol. The predicted octanol–water partition coefficient (Wildman–Crippen LogP) is 3.51. The minimum Gasteiger partial charge on any atom is -0.493 e. The molecule has 2 aromatic rings. The summed E-state index contributed by atoms with van der Waals surface area (Å²) in [7, 11) is 1.49. The minimum atomic E-state index is -0.609. The van der Waals surface area contributed by atoms with Crippen LogP contribution >= 0.6 is 0 Å². The summed E-state index contributed by atoms with van der Waals surface area (Å²) in [4.78, 5) is 24.2. The van der Waals surface area contributed by atoms with E-state index in [4.69, 9.17) is 14.2 Å². The Morgan fingerprint density at radius 3 is 2.54 bits per heavy atom. The molecule has 0 fully saturated rings. The molecule has 0 aromatic heterocycles. The summed E-state index contributed by atoms with van der Waals surface area (Å²) >= 11 is 0. The average molecular weight is 357 g/mol. The Bertz CT molecular complexity index is 801. The van der Waals surface area contributed by atoms with Gasteiger partial charge in [-0.2, -0.15) is 0 Å². The van der Waals surface area contributed by atoms with Crippen molar-refractivity contribution in [3.8, 4) is 11.5 Å². The molecule has 0 aliphatic heterocycles. The van der Waals surface area contributed by atoms with Gasteiger partial charge in [0.2, 0.25) is 0 Å². The molecule has 2 aromatic carbocycles. The summed E-state index contributed by atoms with van der Waals surface area (Å²) in [5.41, 5.74) is 3.03. The third-order valence-corrected chi connectivity index (χ3v) is 3.91. The number of hydrogen-bond acceptors (Lipinski definition) is 5. The zero-order valence-corrected chi connectivity index (χ0v) is 15.4. The first kappa shape index (κ1) is 19.3. The van der Waals surface area contributed by atoms with Crippen LogP contribution in [-0.4, -0.2) is 32.2 Å². The summed E-state index contributed by atoms with van der Waals surface area (Å²) in [5, 5.41) is 2.75. The molecular formula is C20H23NO5. The van der Waals surface area contributed by atoms with E-state index < -0.39 is 11.9 Å². The Hall–Kier alpha value is -3.02. The number of benzene rings is 2. The van der Waals surface area contributed by atoms with Crippen molar-refractivity contribution in [2.24, 2.45) is 0 Å². The number of ether oxygens (including phenoxy) is 3. The van der Waals surface area contributed by atoms with Gasteiger partial charge < -0.3 is 19.5 Å². The molecular weight excluding hydrogens is 334 g/mol. The van der Waals surface area contributed by atoms with E-state index in [-0.39, 0.29) is 12.2 Å². The van der Waals surface area contributed by atoms with Crippen LogP contribution in [-0.2, 0) is 9.53 Å². The quantitative estimate of drug-likeness (QED) is 0.768. The van der Waals surface area contributed by atoms with Crippen molar-refractivity contribution in [1.29, 1.82) is 0 Å². The fourth-order valence-corrected chi connectivity index (χ4v) is 2.36. The van der Waals surface area contributed by atoms with E-state index in [1.807, 2.05) is 32.9 Å². The number of aryl methyl sites for hydroxylation is 1. The first-order valence-corrected chi connectivity index (χ1v) is 8.30. The van der Waals surface area contributed by atoms with Crippen LogP contribution in [0.1, 0.15) is 28.4 Å². The fourth-order valence-electron chi connectivity index (χ4n) is 2.36. The number of carbonyl (C=O) groups is 2. The zero-order valence-electron chi connectivity index (χ0n) is 15.4. The Morgan fingerprint density at radius 1 is 1.08 bits per heavy atom. The van der Waals surface area contributed by atoms with E-state index in [0.717, 1.165) is 11.1 Å². The van der Waals surface area contributed by atoms with Crippen molar-refractivity contribution < 1.29 is 23.8 Å². The van der Waals surface area contributed by atoms with Crippen LogP contribution in [0.5, 0.6) is 11.5 Å². The van der Waals surface area contributed by atoms with Gasteiger partial charge in [-0.1, -0.05) is 12.1 Å². The number of methoxy groups -OCH3 is 1. The maximum atomic E-state index is 12.2. The van der Waals surface area contributed by atoms with Gasteiger partial charge in [0.05, 0.1) is 19.3 Å². The van der Waals surface area contributed by atoms with Gasteiger partial charge in [-0.05, 0) is 56.2 Å². The van der Waals surface area contributed by atoms with Gasteiger partial charge in [-0.25, -0.2) is 4.79 Å². The lowest BCUT2D eigenvalue weighted by molar-refractivity contribution is -0.119. The van der Waals surface area contributed by atoms with Crippen LogP contribution in [0.4, 0.5) is 5.69 Å². The molecule has 6 nitrogen and oxygen atoms in total. The Morgan fingerprint density at radius 2 is 1.85 bits per heavy atom. The van der Waals surface area contributed by atoms with Crippen molar-refractivity contribution in [1.82, 2.24) is 0 Å². The van der Waals surface area contributed by atoms with Crippen LogP contribution in [0, 0.1) is 13.8 Å². The Labute approximate surface area is 153 Å². The van der Waals surface area contributed by atoms with E-state index in [1.165, 1.54) is 13.2 Å². The van der Waals surface area contributed by atoms with Crippen LogP contribution in [0.3, 0.4) is 0 Å². The second kappa shape index (κ2) is 8.89. The van der Waals surface area contributed by atoms with Gasteiger partial charge >= 0.3 is 5.97 Å². The van der Waals surface area contributed by atoms with E-state index >= 15 is 0 Å². The molecule has 0 saturated carbocycles. The molecule has 0 atom stereocenters. The van der Waals surface area contributed by atoms with Crippen LogP contribution in [0.25, 0.3) is 0 Å². The van der Waals surface area contributed by atoms with Crippen molar-refractivity contribution in [2.45, 2.75) is 20.8 Å². The summed E-state index contributed by atoms with van der Waals surface area (Å²) in [5.74, 6) is -0.0345. The highest BCUT2D eigenvalue weighted by molar-refractivity contribution is 5.96. The standard InChI is InChI=1S/C20H23NO5/c1-5-25-17-10-9-15(11-18(17)24-4)20(23)26-12-19(22)21-16-8-6-7-13(2)14(16)3/h6-11H,5,12H2,1-4H3,(H,21,22). The maximum Gasteiger partial charge on any atom is 0.338 e. The van der Waals surface area contributed by atoms with Crippen LogP contribution in [0.15, 0.2) is 36.4 Å². The number of carbonyl (C=O) groups excluding carboxylic acids is 2. The third kappa shape index (κ3) is 4.75. The van der Waals surface area contributed by atoms with Gasteiger partial charge in [0.1, 0.15) is 0 Å². The number of hydrogen-bond donors (Lipinski definition) is 1. The molecule has 0 unspecified atom stereocenters. The topological polar surface area (TPSA) is 73.9 Å². The van der Waals surface area contributed by atoms with E-state index in [9.17, 15) is 9.59 Å². The molecule has 6 heteroatoms. The van der Waals surface area contributed by atoms with E-state index in [1.54, 1.807) is 18.2 Å². The fraction of sp³-hybridized carbons (Fsp3) is 0.300. The number of amides is 1. The van der Waals surface area contributed by atoms with Gasteiger partial charge in [-0.15, -0.1) is 0 Å². The first-order valence-electron chi connectivity index (χ1n) is 8.30. The van der Waals surface area contributed by atoms with Gasteiger partial charge in [-0.3, -0.25) is 4.79 Å². The Balaban J connectivity index is 1.97. The van der Waals surface area contributed by atoms with E-state index in [0.29, 0.717) is 23.8 Å². The predicted molar refractivity (Wildman–Crippen MR) is 99.0 cm³/mol. The molecule has 2 rings (SSSR count). The van der Waals surface area contributed by atoms with Gasteiger partial charge in [0.15, 0.2) is 18.1 Å². The molecule has 0 bridgehead atoms. The molecule has 0 heterocycles. The second-order valence-corrected chi connectivity index (χ2v) is 5.67. The molecule has 1 N–H and O–H groups in total. The summed E-state index contributed by atoms with van der Waals surface area (Å²) in [6, 6.07) is 10.4. The van der Waals surface area contributed by atoms with Crippen molar-refractivity contribution in [3.63, 3.8) is 0 Å². The third-order valence-electron chi connectivity index (χ3n) is 3.91. The lowest BCUT2D eigenvalue weighted by Gasteiger charge is -2.12. The van der Waals surface area contributed by atoms with Crippen LogP contribution in [0.2, 0.25) is 0 Å². The number of rotatable bonds is 7. The van der Waals surface area contributed by atoms with E-state index in [2.05, 4.69) is 5.32 Å². The highest BCUT2D eigenvalue weighted by Gasteiger charge is 2.14. The zero-order chi connectivity index (χ0) is 19.1. The molecule has 0 saturated heterocycles. The highest BCUT2D eigenvalue weighted by Crippen LogP contribution is 2.28. The summed E-state index contributed by atoms with van der Waals surface area (Å²) < 4.78 is 15.7. The molecule has 0 radical (unpaired) electrons. The van der Waals surface area contributed by atoms with Crippen LogP contribution < -0.4 is 14.8 Å². The van der Waals surface area contributed by atoms with Crippen molar-refractivity contribution in [3.05, 3.63) is 53.1 Å². The number of esters is 1. The van der Waals surface area contributed by atoms with Gasteiger partial charge in [0.25, 0.3) is 5.91 Å². The lowest BCUT2D eigenvalue weighted by atomic mass is 10.1. The second-order valence-electron chi connectivity index (χ2n) is 5.67. The SMILES string of the molecule is CCOc1ccc(C(=O)OCC(=O)Nc2cccc(C)c2C)cc1OC. The first-order chi connectivity index (χ1) is 12.5. The number of anilines is 1. The number of nitrogens with one attached hydrogen (secondary N) is 1. The summed E-state index contributed by atoms with van der Waals surface area (Å²) in [6.45, 7) is 5.85. The van der Waals surface area contributed by atoms with Crippen molar-refractivity contribution in [2.75, 3.05) is 25.6 Å². The Kier molecular flexibility index (Phi) is 6.60. The maximum absolute atomic E-state index is 12.2. The summed E-state index contributed by atoms with van der Waals surface area (Å²) in [6.07, 6.45) is 0. The lowest BCUT2D eigenvalue weighted by Crippen LogP contribution is -2.21. The van der Waals surface area contributed by atoms with Crippen molar-refractivity contribution >= 4 is 17.6 Å². The molecule has 0 spiro atoms. The minimum absolute atomic E-state index is 0.282. The highest BCUT2D eigenvalue weighted by atomic mass is 16.5.